The standard InChI is InChI=1S/2C6H8F6.2C6H11F3.C6H14.C5H6F6.C5H9F3/c1-4(6(10,11)12)2-3-5(7,8)9;1-2-3-4(5(7,8)9)6(10,11)12;1-3-4-5(2)6(7,8)9;1-2-3-4-5-6(7,8)9;1-5(2)6(3)4;1-3(2,4(6,7)8)5(9,10)11;1-4(2,3)5(6,7)8/h2*4H,2-3H2,1H3;5H,3-4H2,1-2H3;2-5H2,1H3;5-6H,1-4H3;1-2H3;1-3H3/t4-;;5-;;;;/m0.0..../s1. The Bertz CT molecular complexity index is 1100. The van der Waals surface area contributed by atoms with Gasteiger partial charge in [0.15, 0.2) is 11.3 Å². The molecule has 0 aromatic heterocycles. The number of halogens is 27. The lowest BCUT2D eigenvalue weighted by atomic mass is 9.92. The van der Waals surface area contributed by atoms with E-state index in [9.17, 15) is 119 Å². The first-order valence-electron chi connectivity index (χ1n) is 20.4. The molecule has 0 amide bonds. The first kappa shape index (κ1) is 79.2. The van der Waals surface area contributed by atoms with Crippen LogP contribution in [0.15, 0.2) is 0 Å². The highest BCUT2D eigenvalue weighted by Crippen LogP contribution is 2.49. The summed E-state index contributed by atoms with van der Waals surface area (Å²) in [5, 5.41) is 0. The molecule has 0 rings (SSSR count). The van der Waals surface area contributed by atoms with Gasteiger partial charge < -0.3 is 0 Å². The van der Waals surface area contributed by atoms with Crippen molar-refractivity contribution >= 4 is 0 Å². The van der Waals surface area contributed by atoms with Crippen LogP contribution in [0.2, 0.25) is 0 Å². The van der Waals surface area contributed by atoms with Crippen LogP contribution in [0.25, 0.3) is 0 Å². The number of rotatable bonds is 10. The normalized spacial score (nSPS) is 14.3. The van der Waals surface area contributed by atoms with Crippen LogP contribution in [-0.4, -0.2) is 55.6 Å². The van der Waals surface area contributed by atoms with E-state index < -0.39 is 110 Å². The van der Waals surface area contributed by atoms with Crippen molar-refractivity contribution in [3.05, 3.63) is 0 Å². The Hall–Kier alpha value is -1.89. The average Bonchev–Trinajstić information content (AvgIpc) is 3.03. The van der Waals surface area contributed by atoms with Gasteiger partial charge in [-0.15, -0.1) is 0 Å². The summed E-state index contributed by atoms with van der Waals surface area (Å²) < 4.78 is 313. The third-order valence-corrected chi connectivity index (χ3v) is 8.73. The van der Waals surface area contributed by atoms with E-state index >= 15 is 0 Å². The first-order chi connectivity index (χ1) is 28.8. The maximum absolute atomic E-state index is 11.7. The van der Waals surface area contributed by atoms with Crippen LogP contribution in [0.4, 0.5) is 119 Å². The zero-order valence-electron chi connectivity index (χ0n) is 39.7. The van der Waals surface area contributed by atoms with Crippen LogP contribution in [0, 0.1) is 40.4 Å². The lowest BCUT2D eigenvalue weighted by Gasteiger charge is -2.29. The van der Waals surface area contributed by atoms with Crippen LogP contribution < -0.4 is 0 Å². The molecule has 0 aromatic carbocycles. The summed E-state index contributed by atoms with van der Waals surface area (Å²) >= 11 is 0. The summed E-state index contributed by atoms with van der Waals surface area (Å²) in [4.78, 5) is 0. The summed E-state index contributed by atoms with van der Waals surface area (Å²) in [6, 6.07) is 0. The SMILES string of the molecule is CC(C)(C(F)(F)F)C(F)(F)F.CC(C)(C)C(F)(F)F.CC(C)C(C)C.CCCC(C(F)(F)F)C(F)(F)F.CCCCCC(F)(F)F.CCC[C@H](C)C(F)(F)F.C[C@@H](CCC(F)(F)F)C(F)(F)F. The van der Waals surface area contributed by atoms with Crippen molar-refractivity contribution in [3.8, 4) is 0 Å². The van der Waals surface area contributed by atoms with Crippen molar-refractivity contribution in [2.45, 2.75) is 217 Å². The Morgan fingerprint density at radius 2 is 0.582 bits per heavy atom. The van der Waals surface area contributed by atoms with Crippen molar-refractivity contribution in [1.82, 2.24) is 0 Å². The zero-order valence-corrected chi connectivity index (χ0v) is 39.7. The van der Waals surface area contributed by atoms with E-state index in [0.29, 0.717) is 12.8 Å². The molecule has 416 valence electrons. The van der Waals surface area contributed by atoms with Gasteiger partial charge in [-0.2, -0.15) is 119 Å². The summed E-state index contributed by atoms with van der Waals surface area (Å²) in [6.45, 7) is 19.5. The van der Waals surface area contributed by atoms with Gasteiger partial charge in [-0.25, -0.2) is 0 Å². The quantitative estimate of drug-likeness (QED) is 0.151. The van der Waals surface area contributed by atoms with Crippen LogP contribution in [0.3, 0.4) is 0 Å². The van der Waals surface area contributed by atoms with Gasteiger partial charge in [-0.05, 0) is 51.4 Å². The largest absolute Gasteiger partial charge is 0.402 e. The summed E-state index contributed by atoms with van der Waals surface area (Å²) in [5.74, 6) is -4.49. The van der Waals surface area contributed by atoms with E-state index in [1.165, 1.54) is 13.8 Å². The predicted molar refractivity (Wildman–Crippen MR) is 202 cm³/mol. The number of unbranched alkanes of at least 4 members (excludes halogenated alkanes) is 2. The van der Waals surface area contributed by atoms with Crippen LogP contribution in [0.1, 0.15) is 161 Å². The minimum atomic E-state index is -5.24. The molecule has 0 aliphatic rings. The maximum Gasteiger partial charge on any atom is 0.402 e. The second kappa shape index (κ2) is 32.2. The van der Waals surface area contributed by atoms with E-state index in [2.05, 4.69) is 27.7 Å². The third-order valence-electron chi connectivity index (χ3n) is 8.73. The second-order valence-electron chi connectivity index (χ2n) is 17.2. The highest BCUT2D eigenvalue weighted by atomic mass is 19.4. The molecule has 0 unspecified atom stereocenters. The molecule has 0 saturated heterocycles. The fraction of sp³-hybridized carbons (Fsp3) is 1.00. The van der Waals surface area contributed by atoms with Crippen LogP contribution in [-0.2, 0) is 0 Å². The molecular formula is C40H67F27. The molecule has 0 heterocycles. The van der Waals surface area contributed by atoms with Crippen LogP contribution >= 0.6 is 0 Å². The topological polar surface area (TPSA) is 0 Å². The van der Waals surface area contributed by atoms with Crippen molar-refractivity contribution in [1.29, 1.82) is 0 Å². The van der Waals surface area contributed by atoms with E-state index in [0.717, 1.165) is 46.0 Å². The Kier molecular flexibility index (Phi) is 38.0. The number of alkyl halides is 27. The molecule has 0 saturated carbocycles. The Labute approximate surface area is 375 Å². The van der Waals surface area contributed by atoms with Crippen LogP contribution in [0.5, 0.6) is 0 Å². The molecule has 0 radical (unpaired) electrons. The third kappa shape index (κ3) is 48.9. The van der Waals surface area contributed by atoms with E-state index in [-0.39, 0.29) is 33.1 Å². The molecule has 0 bridgehead atoms. The average molecular weight is 1060 g/mol. The van der Waals surface area contributed by atoms with Gasteiger partial charge in [0.1, 0.15) is 0 Å². The minimum Gasteiger partial charge on any atom is -0.171 e. The van der Waals surface area contributed by atoms with E-state index in [4.69, 9.17) is 0 Å². The molecule has 0 fully saturated rings. The lowest BCUT2D eigenvalue weighted by molar-refractivity contribution is -0.327. The molecule has 2 atom stereocenters. The Morgan fingerprint density at radius 1 is 0.313 bits per heavy atom. The molecule has 0 N–H and O–H groups in total. The maximum atomic E-state index is 11.7. The fourth-order valence-corrected chi connectivity index (χ4v) is 2.68. The van der Waals surface area contributed by atoms with Gasteiger partial charge in [0.05, 0.1) is 17.3 Å². The van der Waals surface area contributed by atoms with E-state index in [1.54, 1.807) is 6.92 Å². The second-order valence-corrected chi connectivity index (χ2v) is 17.2. The highest BCUT2D eigenvalue weighted by molar-refractivity contribution is 4.84. The fourth-order valence-electron chi connectivity index (χ4n) is 2.68. The van der Waals surface area contributed by atoms with Gasteiger partial charge in [0.25, 0.3) is 0 Å². The molecule has 0 spiro atoms. The Morgan fingerprint density at radius 3 is 0.701 bits per heavy atom. The summed E-state index contributed by atoms with van der Waals surface area (Å²) in [5.41, 5.74) is -5.19. The molecule has 27 heteroatoms. The van der Waals surface area contributed by atoms with Crippen molar-refractivity contribution < 1.29 is 119 Å². The minimum absolute atomic E-state index is 0.104. The molecule has 0 aliphatic carbocycles. The van der Waals surface area contributed by atoms with E-state index in [1.807, 2.05) is 6.92 Å². The predicted octanol–water partition coefficient (Wildman–Crippen LogP) is 21.2. The van der Waals surface area contributed by atoms with Gasteiger partial charge in [-0.3, -0.25) is 0 Å². The van der Waals surface area contributed by atoms with Crippen molar-refractivity contribution in [2.75, 3.05) is 0 Å². The lowest BCUT2D eigenvalue weighted by Crippen LogP contribution is -2.44. The first-order valence-corrected chi connectivity index (χ1v) is 20.4. The number of hydrogen-bond donors (Lipinski definition) is 0. The summed E-state index contributed by atoms with van der Waals surface area (Å²) in [7, 11) is 0. The monoisotopic (exact) mass is 1060 g/mol. The molecule has 0 aliphatic heterocycles. The molecule has 67 heavy (non-hydrogen) atoms. The summed E-state index contributed by atoms with van der Waals surface area (Å²) in [6.07, 6.45) is -43.2. The molecule has 0 nitrogen and oxygen atoms in total. The van der Waals surface area contributed by atoms with Crippen molar-refractivity contribution in [3.63, 3.8) is 0 Å². The highest BCUT2D eigenvalue weighted by Gasteiger charge is 2.64. The van der Waals surface area contributed by atoms with Gasteiger partial charge in [0, 0.05) is 12.8 Å². The number of hydrogen-bond acceptors (Lipinski definition) is 0. The Balaban J connectivity index is -0.000000127. The smallest absolute Gasteiger partial charge is 0.171 e. The van der Waals surface area contributed by atoms with Gasteiger partial charge in [0.2, 0.25) is 0 Å². The van der Waals surface area contributed by atoms with Gasteiger partial charge >= 0.3 is 55.6 Å². The zero-order chi connectivity index (χ0) is 56.5. The molecular weight excluding hydrogens is 993 g/mol. The molecule has 0 aromatic rings. The van der Waals surface area contributed by atoms with Crippen molar-refractivity contribution in [2.24, 2.45) is 40.4 Å². The van der Waals surface area contributed by atoms with Gasteiger partial charge in [-0.1, -0.05) is 109 Å².